The number of carbonyl (C=O) groups excluding carboxylic acids is 1. The molecule has 0 bridgehead atoms. The molecule has 0 spiro atoms. The van der Waals surface area contributed by atoms with Gasteiger partial charge in [0.1, 0.15) is 5.52 Å². The Balaban J connectivity index is 1.55. The van der Waals surface area contributed by atoms with Crippen LogP contribution < -0.4 is 4.90 Å². The van der Waals surface area contributed by atoms with Gasteiger partial charge in [-0.05, 0) is 49.3 Å². The third-order valence-corrected chi connectivity index (χ3v) is 7.74. The second-order valence-corrected chi connectivity index (χ2v) is 9.53. The number of aromatic nitrogens is 1. The van der Waals surface area contributed by atoms with Gasteiger partial charge in [0.15, 0.2) is 11.5 Å². The smallest absolute Gasteiger partial charge is 0.233 e. The lowest BCUT2D eigenvalue weighted by Gasteiger charge is -2.24. The quantitative estimate of drug-likeness (QED) is 0.611. The molecule has 0 radical (unpaired) electrons. The fourth-order valence-electron chi connectivity index (χ4n) is 5.09. The van der Waals surface area contributed by atoms with Gasteiger partial charge in [-0.1, -0.05) is 52.9 Å². The van der Waals surface area contributed by atoms with Crippen molar-refractivity contribution >= 4 is 22.7 Å². The first-order valence-corrected chi connectivity index (χ1v) is 11.1. The van der Waals surface area contributed by atoms with E-state index >= 15 is 0 Å². The standard InChI is InChI=1S/C24H34N2O2/c1-5-23(2)16-24(23,3)22(27)26(4)18-13-14-20-19(15-18)25-21(28-20)17-11-9-7-6-8-10-12-17/h13-15,17H,5-12,16H2,1-4H3. The number of amides is 1. The van der Waals surface area contributed by atoms with Crippen molar-refractivity contribution in [1.29, 1.82) is 0 Å². The number of fused-ring (bicyclic) bond motifs is 1. The molecule has 2 aliphatic carbocycles. The average molecular weight is 383 g/mol. The van der Waals surface area contributed by atoms with Gasteiger partial charge in [-0.3, -0.25) is 4.79 Å². The Hall–Kier alpha value is -1.84. The Morgan fingerprint density at radius 1 is 1.18 bits per heavy atom. The van der Waals surface area contributed by atoms with Crippen LogP contribution in [0.15, 0.2) is 22.6 Å². The van der Waals surface area contributed by atoms with E-state index in [1.807, 2.05) is 30.1 Å². The summed E-state index contributed by atoms with van der Waals surface area (Å²) in [5, 5.41) is 0. The maximum absolute atomic E-state index is 13.1. The first-order chi connectivity index (χ1) is 13.4. The first kappa shape index (κ1) is 19.5. The molecule has 4 nitrogen and oxygen atoms in total. The zero-order chi connectivity index (χ0) is 19.9. The number of benzene rings is 1. The van der Waals surface area contributed by atoms with Gasteiger partial charge < -0.3 is 9.32 Å². The van der Waals surface area contributed by atoms with Crippen LogP contribution in [0.4, 0.5) is 5.69 Å². The summed E-state index contributed by atoms with van der Waals surface area (Å²) in [5.74, 6) is 1.53. The molecule has 2 aromatic rings. The molecule has 0 saturated heterocycles. The molecule has 0 aliphatic heterocycles. The lowest BCUT2D eigenvalue weighted by molar-refractivity contribution is -0.124. The van der Waals surface area contributed by atoms with E-state index in [0.717, 1.165) is 35.5 Å². The summed E-state index contributed by atoms with van der Waals surface area (Å²) in [5.41, 5.74) is 2.48. The van der Waals surface area contributed by atoms with E-state index in [1.165, 1.54) is 44.9 Å². The SMILES string of the molecule is CCC1(C)CC1(C)C(=O)N(C)c1ccc2oc(C3CCCCCCC3)nc2c1. The minimum absolute atomic E-state index is 0.127. The van der Waals surface area contributed by atoms with Gasteiger partial charge >= 0.3 is 0 Å². The van der Waals surface area contributed by atoms with Gasteiger partial charge in [0.2, 0.25) is 5.91 Å². The molecule has 2 fully saturated rings. The Morgan fingerprint density at radius 3 is 2.50 bits per heavy atom. The summed E-state index contributed by atoms with van der Waals surface area (Å²) in [6.07, 6.45) is 10.9. The minimum Gasteiger partial charge on any atom is -0.440 e. The summed E-state index contributed by atoms with van der Waals surface area (Å²) >= 11 is 0. The monoisotopic (exact) mass is 382 g/mol. The number of hydrogen-bond acceptors (Lipinski definition) is 3. The fraction of sp³-hybridized carbons (Fsp3) is 0.667. The van der Waals surface area contributed by atoms with Crippen molar-refractivity contribution in [2.45, 2.75) is 84.5 Å². The van der Waals surface area contributed by atoms with Crippen LogP contribution >= 0.6 is 0 Å². The number of rotatable bonds is 4. The van der Waals surface area contributed by atoms with Crippen LogP contribution in [0.3, 0.4) is 0 Å². The van der Waals surface area contributed by atoms with Crippen molar-refractivity contribution in [2.24, 2.45) is 10.8 Å². The molecule has 28 heavy (non-hydrogen) atoms. The Bertz CT molecular complexity index is 865. The van der Waals surface area contributed by atoms with Gasteiger partial charge in [-0.15, -0.1) is 0 Å². The van der Waals surface area contributed by atoms with Gasteiger partial charge in [0.25, 0.3) is 0 Å². The lowest BCUT2D eigenvalue weighted by Crippen LogP contribution is -2.35. The topological polar surface area (TPSA) is 46.3 Å². The van der Waals surface area contributed by atoms with E-state index in [-0.39, 0.29) is 16.7 Å². The maximum atomic E-state index is 13.1. The van der Waals surface area contributed by atoms with Crippen molar-refractivity contribution in [2.75, 3.05) is 11.9 Å². The van der Waals surface area contributed by atoms with Crippen LogP contribution in [0.1, 0.15) is 90.4 Å². The van der Waals surface area contributed by atoms with Crippen LogP contribution in [0.5, 0.6) is 0 Å². The van der Waals surface area contributed by atoms with Crippen molar-refractivity contribution in [3.63, 3.8) is 0 Å². The number of nitrogens with zero attached hydrogens (tertiary/aromatic N) is 2. The molecule has 2 aliphatic rings. The maximum Gasteiger partial charge on any atom is 0.233 e. The average Bonchev–Trinajstić information content (AvgIpc) is 3.02. The largest absolute Gasteiger partial charge is 0.440 e. The zero-order valence-electron chi connectivity index (χ0n) is 17.9. The van der Waals surface area contributed by atoms with Crippen molar-refractivity contribution in [3.8, 4) is 0 Å². The van der Waals surface area contributed by atoms with E-state index in [0.29, 0.717) is 5.92 Å². The molecule has 4 rings (SSSR count). The van der Waals surface area contributed by atoms with Gasteiger partial charge in [0, 0.05) is 18.7 Å². The predicted octanol–water partition coefficient (Wildman–Crippen LogP) is 6.44. The van der Waals surface area contributed by atoms with Crippen LogP contribution in [0, 0.1) is 10.8 Å². The Morgan fingerprint density at radius 2 is 1.86 bits per heavy atom. The molecule has 2 saturated carbocycles. The molecule has 2 atom stereocenters. The molecule has 0 N–H and O–H groups in total. The molecule has 1 aromatic heterocycles. The normalized spacial score (nSPS) is 28.7. The molecular formula is C24H34N2O2. The third kappa shape index (κ3) is 3.25. The molecule has 152 valence electrons. The highest BCUT2D eigenvalue weighted by atomic mass is 16.3. The van der Waals surface area contributed by atoms with Crippen molar-refractivity contribution < 1.29 is 9.21 Å². The second-order valence-electron chi connectivity index (χ2n) is 9.53. The summed E-state index contributed by atoms with van der Waals surface area (Å²) in [4.78, 5) is 19.8. The first-order valence-electron chi connectivity index (χ1n) is 11.1. The van der Waals surface area contributed by atoms with Crippen LogP contribution in [0.2, 0.25) is 0 Å². The van der Waals surface area contributed by atoms with Gasteiger partial charge in [0.05, 0.1) is 5.41 Å². The summed E-state index contributed by atoms with van der Waals surface area (Å²) in [6, 6.07) is 5.97. The van der Waals surface area contributed by atoms with E-state index in [2.05, 4.69) is 20.8 Å². The van der Waals surface area contributed by atoms with Crippen LogP contribution in [0.25, 0.3) is 11.1 Å². The van der Waals surface area contributed by atoms with Gasteiger partial charge in [-0.25, -0.2) is 4.98 Å². The fourth-order valence-corrected chi connectivity index (χ4v) is 5.09. The van der Waals surface area contributed by atoms with E-state index < -0.39 is 0 Å². The van der Waals surface area contributed by atoms with E-state index in [9.17, 15) is 4.79 Å². The highest BCUT2D eigenvalue weighted by Crippen LogP contribution is 2.66. The molecular weight excluding hydrogens is 348 g/mol. The lowest BCUT2D eigenvalue weighted by atomic mass is 9.91. The number of carbonyl (C=O) groups is 1. The molecule has 2 unspecified atom stereocenters. The predicted molar refractivity (Wildman–Crippen MR) is 114 cm³/mol. The van der Waals surface area contributed by atoms with E-state index in [1.54, 1.807) is 0 Å². The molecule has 1 amide bonds. The summed E-state index contributed by atoms with van der Waals surface area (Å²) in [6.45, 7) is 6.51. The Kier molecular flexibility index (Phi) is 5.01. The van der Waals surface area contributed by atoms with E-state index in [4.69, 9.17) is 9.40 Å². The highest BCUT2D eigenvalue weighted by Gasteiger charge is 2.65. The Labute approximate surface area is 168 Å². The van der Waals surface area contributed by atoms with Crippen molar-refractivity contribution in [1.82, 2.24) is 4.98 Å². The third-order valence-electron chi connectivity index (χ3n) is 7.74. The zero-order valence-corrected chi connectivity index (χ0v) is 17.9. The number of anilines is 1. The molecule has 1 heterocycles. The number of oxazole rings is 1. The summed E-state index contributed by atoms with van der Waals surface area (Å²) in [7, 11) is 1.89. The van der Waals surface area contributed by atoms with Crippen LogP contribution in [-0.2, 0) is 4.79 Å². The summed E-state index contributed by atoms with van der Waals surface area (Å²) < 4.78 is 6.11. The van der Waals surface area contributed by atoms with Crippen LogP contribution in [-0.4, -0.2) is 17.9 Å². The second kappa shape index (κ2) is 7.20. The molecule has 4 heteroatoms. The van der Waals surface area contributed by atoms with Gasteiger partial charge in [-0.2, -0.15) is 0 Å². The molecule has 1 aromatic carbocycles. The minimum atomic E-state index is -0.251. The van der Waals surface area contributed by atoms with Crippen molar-refractivity contribution in [3.05, 3.63) is 24.1 Å². The highest BCUT2D eigenvalue weighted by molar-refractivity contribution is 6.00. The number of hydrogen-bond donors (Lipinski definition) is 0.